The van der Waals surface area contributed by atoms with E-state index < -0.39 is 37.5 Å². The number of alkyl carbamates (subject to hydrolysis) is 1. The second-order valence-corrected chi connectivity index (χ2v) is 12.0. The summed E-state index contributed by atoms with van der Waals surface area (Å²) in [6, 6.07) is 2.57. The van der Waals surface area contributed by atoms with Crippen molar-refractivity contribution in [1.82, 2.24) is 10.3 Å². The largest absolute Gasteiger partial charge is 0.444 e. The van der Waals surface area contributed by atoms with Crippen LogP contribution in [0.15, 0.2) is 21.5 Å². The summed E-state index contributed by atoms with van der Waals surface area (Å²) in [4.78, 5) is 21.4. The van der Waals surface area contributed by atoms with Gasteiger partial charge in [-0.1, -0.05) is 0 Å². The predicted octanol–water partition coefficient (Wildman–Crippen LogP) is 3.37. The highest BCUT2D eigenvalue weighted by Gasteiger charge is 2.52. The molecule has 0 aliphatic carbocycles. The van der Waals surface area contributed by atoms with Gasteiger partial charge in [0.2, 0.25) is 0 Å². The van der Waals surface area contributed by atoms with Crippen LogP contribution in [0.2, 0.25) is 0 Å². The van der Waals surface area contributed by atoms with Crippen molar-refractivity contribution in [3.63, 3.8) is 0 Å². The van der Waals surface area contributed by atoms with Crippen LogP contribution in [0.25, 0.3) is 0 Å². The number of carbonyl (C=O) groups is 1. The third-order valence-electron chi connectivity index (χ3n) is 5.40. The molecule has 0 saturated carbocycles. The van der Waals surface area contributed by atoms with Crippen LogP contribution < -0.4 is 11.1 Å². The second-order valence-electron chi connectivity index (χ2n) is 9.25. The smallest absolute Gasteiger partial charge is 0.413 e. The Labute approximate surface area is 177 Å². The fourth-order valence-electron chi connectivity index (χ4n) is 3.86. The molecule has 30 heavy (non-hydrogen) atoms. The maximum Gasteiger partial charge on any atom is 0.413 e. The first-order valence-electron chi connectivity index (χ1n) is 10.0. The first kappa shape index (κ1) is 22.5. The fraction of sp³-hybridized carbons (Fsp3) is 0.650. The molecule has 0 radical (unpaired) electrons. The molecule has 8 nitrogen and oxygen atoms in total. The molecule has 10 heteroatoms. The van der Waals surface area contributed by atoms with Gasteiger partial charge in [0.25, 0.3) is 0 Å². The van der Waals surface area contributed by atoms with Crippen LogP contribution in [0.3, 0.4) is 0 Å². The van der Waals surface area contributed by atoms with Gasteiger partial charge in [-0.15, -0.1) is 0 Å². The highest BCUT2D eigenvalue weighted by Crippen LogP contribution is 2.42. The molecule has 0 spiro atoms. The van der Waals surface area contributed by atoms with Crippen molar-refractivity contribution in [1.29, 1.82) is 0 Å². The van der Waals surface area contributed by atoms with Crippen molar-refractivity contribution < 1.29 is 18.1 Å². The number of nitrogen functional groups attached to an aromatic ring is 1. The SMILES string of the molecule is CC(C)(C)OC(=O)NC1=NC(C)(c2nc(N)ccc2F)CS2(=O)=NCCCCC12C. The molecule has 3 rings (SSSR count). The minimum atomic E-state index is -2.92. The summed E-state index contributed by atoms with van der Waals surface area (Å²) in [5.74, 6) is -0.300. The lowest BCUT2D eigenvalue weighted by molar-refractivity contribution is 0.0560. The summed E-state index contributed by atoms with van der Waals surface area (Å²) in [5.41, 5.74) is 3.73. The minimum Gasteiger partial charge on any atom is -0.444 e. The number of nitrogens with zero attached hydrogens (tertiary/aromatic N) is 3. The number of carbonyl (C=O) groups excluding carboxylic acids is 1. The summed E-state index contributed by atoms with van der Waals surface area (Å²) in [5, 5.41) is 2.70. The summed E-state index contributed by atoms with van der Waals surface area (Å²) < 4.78 is 37.8. The molecule has 3 unspecified atom stereocenters. The molecule has 0 saturated heterocycles. The van der Waals surface area contributed by atoms with Crippen molar-refractivity contribution in [3.8, 4) is 0 Å². The Hall–Kier alpha value is -2.23. The molecular formula is C20H30FN5O3S. The van der Waals surface area contributed by atoms with E-state index in [0.29, 0.717) is 13.0 Å². The first-order valence-corrected chi connectivity index (χ1v) is 11.7. The van der Waals surface area contributed by atoms with E-state index in [2.05, 4.69) is 14.7 Å². The van der Waals surface area contributed by atoms with E-state index in [4.69, 9.17) is 15.5 Å². The van der Waals surface area contributed by atoms with E-state index in [-0.39, 0.29) is 23.1 Å². The number of aliphatic imine (C=N–C) groups is 1. The topological polar surface area (TPSA) is 119 Å². The van der Waals surface area contributed by atoms with Gasteiger partial charge in [-0.2, -0.15) is 0 Å². The molecule has 0 bridgehead atoms. The van der Waals surface area contributed by atoms with E-state index >= 15 is 0 Å². The van der Waals surface area contributed by atoms with Gasteiger partial charge in [-0.05, 0) is 66.0 Å². The van der Waals surface area contributed by atoms with Gasteiger partial charge < -0.3 is 10.5 Å². The van der Waals surface area contributed by atoms with Crippen LogP contribution in [-0.4, -0.2) is 43.8 Å². The average Bonchev–Trinajstić information content (AvgIpc) is 2.74. The first-order chi connectivity index (χ1) is 13.8. The quantitative estimate of drug-likeness (QED) is 0.695. The van der Waals surface area contributed by atoms with Gasteiger partial charge in [-0.3, -0.25) is 10.3 Å². The molecule has 166 valence electrons. The normalized spacial score (nSPS) is 31.6. The molecule has 2 aliphatic heterocycles. The van der Waals surface area contributed by atoms with Crippen LogP contribution in [0.5, 0.6) is 0 Å². The number of pyridine rings is 1. The van der Waals surface area contributed by atoms with Gasteiger partial charge in [0.1, 0.15) is 39.1 Å². The molecule has 3 N–H and O–H groups in total. The number of ether oxygens (including phenoxy) is 1. The summed E-state index contributed by atoms with van der Waals surface area (Å²) in [6.07, 6.45) is 1.40. The van der Waals surface area contributed by atoms with E-state index in [1.807, 2.05) is 0 Å². The fourth-order valence-corrected chi connectivity index (χ4v) is 6.80. The molecule has 1 aromatic heterocycles. The molecule has 0 fully saturated rings. The van der Waals surface area contributed by atoms with Gasteiger partial charge >= 0.3 is 6.09 Å². The van der Waals surface area contributed by atoms with E-state index in [0.717, 1.165) is 12.8 Å². The second kappa shape index (κ2) is 7.47. The van der Waals surface area contributed by atoms with Crippen LogP contribution in [0.4, 0.5) is 15.0 Å². The highest BCUT2D eigenvalue weighted by atomic mass is 32.2. The number of aromatic nitrogens is 1. The maximum absolute atomic E-state index is 14.7. The summed E-state index contributed by atoms with van der Waals surface area (Å²) >= 11 is 0. The van der Waals surface area contributed by atoms with Gasteiger partial charge in [0.05, 0.1) is 15.5 Å². The maximum atomic E-state index is 14.7. The Morgan fingerprint density at radius 2 is 2.00 bits per heavy atom. The van der Waals surface area contributed by atoms with Crippen molar-refractivity contribution in [2.75, 3.05) is 18.0 Å². The number of hydrogen-bond donors (Lipinski definition) is 2. The van der Waals surface area contributed by atoms with Gasteiger partial charge in [0, 0.05) is 6.54 Å². The Bertz CT molecular complexity index is 1010. The van der Waals surface area contributed by atoms with Crippen LogP contribution >= 0.6 is 0 Å². The third kappa shape index (κ3) is 4.14. The zero-order chi connectivity index (χ0) is 22.4. The Morgan fingerprint density at radius 3 is 2.67 bits per heavy atom. The highest BCUT2D eigenvalue weighted by molar-refractivity contribution is 7.95. The molecule has 2 aliphatic rings. The standard InChI is InChI=1S/C20H30FN5O3S/c1-18(2,3)29-17(27)25-16-20(5)10-6-7-11-23-30(20,28)12-19(4,26-16)15-13(21)8-9-14(22)24-15/h8-9H,6-7,10-12H2,1-5H3,(H2,22,24)(H,25,26,27). The van der Waals surface area contributed by atoms with Crippen molar-refractivity contribution in [3.05, 3.63) is 23.6 Å². The monoisotopic (exact) mass is 439 g/mol. The zero-order valence-corrected chi connectivity index (χ0v) is 18.9. The number of nitrogens with two attached hydrogens (primary N) is 1. The third-order valence-corrected chi connectivity index (χ3v) is 8.76. The van der Waals surface area contributed by atoms with Crippen LogP contribution in [-0.2, 0) is 20.0 Å². The number of nitrogens with one attached hydrogen (secondary N) is 1. The lowest BCUT2D eigenvalue weighted by atomic mass is 9.96. The van der Waals surface area contributed by atoms with Crippen molar-refractivity contribution >= 4 is 27.5 Å². The number of hydrogen-bond acceptors (Lipinski definition) is 7. The number of amidine groups is 1. The molecular weight excluding hydrogens is 409 g/mol. The lowest BCUT2D eigenvalue weighted by Crippen LogP contribution is -2.59. The van der Waals surface area contributed by atoms with Crippen LogP contribution in [0.1, 0.15) is 59.6 Å². The molecule has 1 amide bonds. The Morgan fingerprint density at radius 1 is 1.30 bits per heavy atom. The van der Waals surface area contributed by atoms with E-state index in [9.17, 15) is 13.4 Å². The van der Waals surface area contributed by atoms with Crippen molar-refractivity contribution in [2.24, 2.45) is 9.36 Å². The number of rotatable bonds is 1. The zero-order valence-electron chi connectivity index (χ0n) is 18.1. The molecule has 0 aromatic carbocycles. The molecule has 3 atom stereocenters. The minimum absolute atomic E-state index is 0.0105. The van der Waals surface area contributed by atoms with E-state index in [1.54, 1.807) is 34.6 Å². The average molecular weight is 440 g/mol. The lowest BCUT2D eigenvalue weighted by Gasteiger charge is -2.42. The van der Waals surface area contributed by atoms with Crippen LogP contribution in [0, 0.1) is 5.82 Å². The number of anilines is 1. The van der Waals surface area contributed by atoms with E-state index in [1.165, 1.54) is 12.1 Å². The number of fused-ring (bicyclic) bond motifs is 1. The Balaban J connectivity index is 2.17. The summed E-state index contributed by atoms with van der Waals surface area (Å²) in [6.45, 7) is 9.12. The number of halogens is 1. The number of amides is 1. The van der Waals surface area contributed by atoms with Gasteiger partial charge in [0.15, 0.2) is 0 Å². The molecule has 1 aromatic rings. The Kier molecular flexibility index (Phi) is 5.59. The van der Waals surface area contributed by atoms with Gasteiger partial charge in [-0.25, -0.2) is 22.7 Å². The van der Waals surface area contributed by atoms with Crippen molar-refractivity contribution in [2.45, 2.75) is 69.8 Å². The summed E-state index contributed by atoms with van der Waals surface area (Å²) in [7, 11) is -2.92. The predicted molar refractivity (Wildman–Crippen MR) is 115 cm³/mol. The molecule has 3 heterocycles.